The van der Waals surface area contributed by atoms with E-state index in [0.29, 0.717) is 0 Å². The first-order valence-corrected chi connectivity index (χ1v) is 13.5. The molecule has 7 rings (SSSR count). The van der Waals surface area contributed by atoms with Gasteiger partial charge >= 0.3 is 0 Å². The second kappa shape index (κ2) is 9.62. The molecule has 2 heterocycles. The Hall–Kier alpha value is -4.73. The molecule has 0 saturated carbocycles. The van der Waals surface area contributed by atoms with Crippen molar-refractivity contribution in [1.29, 1.82) is 0 Å². The van der Waals surface area contributed by atoms with Crippen LogP contribution in [0.25, 0.3) is 42.6 Å². The molecule has 0 aliphatic carbocycles. The van der Waals surface area contributed by atoms with Gasteiger partial charge in [0.1, 0.15) is 4.83 Å². The van der Waals surface area contributed by atoms with Crippen LogP contribution < -0.4 is 4.90 Å². The van der Waals surface area contributed by atoms with Crippen molar-refractivity contribution in [2.45, 2.75) is 0 Å². The maximum Gasteiger partial charge on any atom is 0.124 e. The van der Waals surface area contributed by atoms with E-state index in [4.69, 9.17) is 0 Å². The van der Waals surface area contributed by atoms with Crippen molar-refractivity contribution in [3.8, 4) is 22.3 Å². The Bertz CT molecular complexity index is 1760. The Morgan fingerprint density at radius 2 is 1.03 bits per heavy atom. The lowest BCUT2D eigenvalue weighted by Gasteiger charge is -2.27. The number of pyridine rings is 1. The molecular formula is C35H24N2S. The minimum Gasteiger partial charge on any atom is -0.310 e. The van der Waals surface area contributed by atoms with Gasteiger partial charge in [0.25, 0.3) is 0 Å². The molecule has 5 aromatic carbocycles. The SMILES string of the molecule is c1ccc(-c2ccc(N(c3ccc(-c4ccccc4)cc3)c3cccc4sc5ncccc5c34)cc2)cc1. The summed E-state index contributed by atoms with van der Waals surface area (Å²) in [6.45, 7) is 0. The van der Waals surface area contributed by atoms with Crippen LogP contribution in [0.5, 0.6) is 0 Å². The van der Waals surface area contributed by atoms with Gasteiger partial charge in [-0.2, -0.15) is 0 Å². The van der Waals surface area contributed by atoms with E-state index in [1.165, 1.54) is 37.7 Å². The number of anilines is 3. The molecule has 0 fully saturated rings. The number of hydrogen-bond donors (Lipinski definition) is 0. The maximum absolute atomic E-state index is 4.65. The van der Waals surface area contributed by atoms with E-state index in [9.17, 15) is 0 Å². The van der Waals surface area contributed by atoms with Gasteiger partial charge in [-0.25, -0.2) is 4.98 Å². The average Bonchev–Trinajstić information content (AvgIpc) is 3.38. The predicted molar refractivity (Wildman–Crippen MR) is 163 cm³/mol. The maximum atomic E-state index is 4.65. The van der Waals surface area contributed by atoms with Crippen molar-refractivity contribution in [1.82, 2.24) is 4.98 Å². The molecule has 0 atom stereocenters. The fourth-order valence-electron chi connectivity index (χ4n) is 5.12. The molecule has 7 aromatic rings. The van der Waals surface area contributed by atoms with Crippen LogP contribution in [0.2, 0.25) is 0 Å². The topological polar surface area (TPSA) is 16.1 Å². The summed E-state index contributed by atoms with van der Waals surface area (Å²) in [4.78, 5) is 8.08. The zero-order valence-corrected chi connectivity index (χ0v) is 21.5. The van der Waals surface area contributed by atoms with Gasteiger partial charge in [0.2, 0.25) is 0 Å². The molecule has 0 unspecified atom stereocenters. The lowest BCUT2D eigenvalue weighted by Crippen LogP contribution is -2.10. The summed E-state index contributed by atoms with van der Waals surface area (Å²) >= 11 is 1.75. The summed E-state index contributed by atoms with van der Waals surface area (Å²) < 4.78 is 1.24. The fraction of sp³-hybridized carbons (Fsp3) is 0. The third kappa shape index (κ3) is 4.03. The van der Waals surface area contributed by atoms with Gasteiger partial charge in [-0.05, 0) is 70.8 Å². The van der Waals surface area contributed by atoms with E-state index in [0.717, 1.165) is 21.9 Å². The summed E-state index contributed by atoms with van der Waals surface area (Å²) in [6, 6.07) is 49.6. The van der Waals surface area contributed by atoms with Gasteiger partial charge in [-0.1, -0.05) is 91.0 Å². The summed E-state index contributed by atoms with van der Waals surface area (Å²) in [7, 11) is 0. The molecule has 2 nitrogen and oxygen atoms in total. The first-order valence-electron chi connectivity index (χ1n) is 12.7. The Morgan fingerprint density at radius 1 is 0.474 bits per heavy atom. The molecule has 38 heavy (non-hydrogen) atoms. The quantitative estimate of drug-likeness (QED) is 0.232. The number of nitrogens with zero attached hydrogens (tertiary/aromatic N) is 2. The minimum absolute atomic E-state index is 1.06. The first-order chi connectivity index (χ1) is 18.8. The zero-order chi connectivity index (χ0) is 25.3. The Balaban J connectivity index is 1.40. The van der Waals surface area contributed by atoms with Crippen molar-refractivity contribution in [2.24, 2.45) is 0 Å². The van der Waals surface area contributed by atoms with Crippen molar-refractivity contribution in [2.75, 3.05) is 4.90 Å². The average molecular weight is 505 g/mol. The number of aromatic nitrogens is 1. The largest absolute Gasteiger partial charge is 0.310 e. The van der Waals surface area contributed by atoms with E-state index in [1.54, 1.807) is 11.3 Å². The van der Waals surface area contributed by atoms with Gasteiger partial charge in [0.05, 0.1) is 5.69 Å². The Labute approximate surface area is 226 Å². The van der Waals surface area contributed by atoms with Crippen LogP contribution in [-0.2, 0) is 0 Å². The van der Waals surface area contributed by atoms with Crippen LogP contribution in [0.4, 0.5) is 17.1 Å². The van der Waals surface area contributed by atoms with Crippen LogP contribution in [0.15, 0.2) is 146 Å². The second-order valence-corrected chi connectivity index (χ2v) is 10.3. The highest BCUT2D eigenvalue weighted by Gasteiger charge is 2.18. The van der Waals surface area contributed by atoms with Gasteiger partial charge < -0.3 is 4.90 Å². The first kappa shape index (κ1) is 22.5. The van der Waals surface area contributed by atoms with E-state index in [1.807, 2.05) is 12.3 Å². The highest BCUT2D eigenvalue weighted by Crippen LogP contribution is 2.44. The van der Waals surface area contributed by atoms with Crippen molar-refractivity contribution < 1.29 is 0 Å². The Kier molecular flexibility index (Phi) is 5.69. The minimum atomic E-state index is 1.06. The fourth-order valence-corrected chi connectivity index (χ4v) is 6.19. The molecule has 0 aliphatic rings. The molecule has 3 heteroatoms. The van der Waals surface area contributed by atoms with Gasteiger partial charge in [-0.3, -0.25) is 0 Å². The molecule has 180 valence electrons. The summed E-state index contributed by atoms with van der Waals surface area (Å²) in [5, 5.41) is 2.43. The third-order valence-corrected chi connectivity index (χ3v) is 8.04. The van der Waals surface area contributed by atoms with Gasteiger partial charge in [0.15, 0.2) is 0 Å². The molecule has 0 N–H and O–H groups in total. The smallest absolute Gasteiger partial charge is 0.124 e. The zero-order valence-electron chi connectivity index (χ0n) is 20.7. The molecule has 0 aliphatic heterocycles. The van der Waals surface area contributed by atoms with Gasteiger partial charge in [0, 0.05) is 33.0 Å². The molecule has 0 saturated heterocycles. The molecule has 0 bridgehead atoms. The predicted octanol–water partition coefficient (Wildman–Crippen LogP) is 10.3. The number of thiophene rings is 1. The van der Waals surface area contributed by atoms with Crippen molar-refractivity contribution in [3.63, 3.8) is 0 Å². The highest BCUT2D eigenvalue weighted by molar-refractivity contribution is 7.25. The van der Waals surface area contributed by atoms with Crippen LogP contribution in [0.1, 0.15) is 0 Å². The number of rotatable bonds is 5. The van der Waals surface area contributed by atoms with E-state index in [-0.39, 0.29) is 0 Å². The van der Waals surface area contributed by atoms with Gasteiger partial charge in [-0.15, -0.1) is 11.3 Å². The molecule has 2 aromatic heterocycles. The number of fused-ring (bicyclic) bond motifs is 3. The summed E-state index contributed by atoms with van der Waals surface area (Å²) in [6.07, 6.45) is 1.87. The number of hydrogen-bond acceptors (Lipinski definition) is 3. The normalized spacial score (nSPS) is 11.2. The summed E-state index contributed by atoms with van der Waals surface area (Å²) in [5.41, 5.74) is 8.24. The monoisotopic (exact) mass is 504 g/mol. The molecule has 0 amide bonds. The lowest BCUT2D eigenvalue weighted by atomic mass is 10.0. The standard InChI is InChI=1S/C35H24N2S/c1-3-9-25(10-4-1)27-16-20-29(21-17-27)37(30-22-18-28(19-23-30)26-11-5-2-6-12-26)32-14-7-15-33-34(32)31-13-8-24-36-35(31)38-33/h1-24H. The second-order valence-electron chi connectivity index (χ2n) is 9.27. The summed E-state index contributed by atoms with van der Waals surface area (Å²) in [5.74, 6) is 0. The van der Waals surface area contributed by atoms with Crippen molar-refractivity contribution in [3.05, 3.63) is 146 Å². The van der Waals surface area contributed by atoms with Crippen LogP contribution in [0, 0.1) is 0 Å². The molecular weight excluding hydrogens is 480 g/mol. The van der Waals surface area contributed by atoms with Crippen LogP contribution in [0.3, 0.4) is 0 Å². The third-order valence-electron chi connectivity index (χ3n) is 6.96. The van der Waals surface area contributed by atoms with Crippen LogP contribution in [-0.4, -0.2) is 4.98 Å². The lowest BCUT2D eigenvalue weighted by molar-refractivity contribution is 1.30. The Morgan fingerprint density at radius 3 is 1.61 bits per heavy atom. The van der Waals surface area contributed by atoms with E-state index in [2.05, 4.69) is 143 Å². The highest BCUT2D eigenvalue weighted by atomic mass is 32.1. The molecule has 0 spiro atoms. The van der Waals surface area contributed by atoms with Crippen molar-refractivity contribution >= 4 is 48.7 Å². The van der Waals surface area contributed by atoms with Crippen LogP contribution >= 0.6 is 11.3 Å². The van der Waals surface area contributed by atoms with E-state index < -0.39 is 0 Å². The van der Waals surface area contributed by atoms with E-state index >= 15 is 0 Å². The molecule has 0 radical (unpaired) electrons. The number of benzene rings is 5.